The van der Waals surface area contributed by atoms with Crippen LogP contribution in [-0.4, -0.2) is 10.9 Å². The minimum Gasteiger partial charge on any atom is -0.399 e. The third kappa shape index (κ3) is 2.21. The number of rotatable bonds is 2. The molecule has 3 N–H and O–H groups in total. The fraction of sp³-hybridized carbons (Fsp3) is 0.286. The van der Waals surface area contributed by atoms with Crippen molar-refractivity contribution in [3.63, 3.8) is 0 Å². The number of anilines is 1. The van der Waals surface area contributed by atoms with Gasteiger partial charge in [-0.1, -0.05) is 6.07 Å². The molecule has 0 saturated carbocycles. The zero-order chi connectivity index (χ0) is 13.4. The Kier molecular flexibility index (Phi) is 2.98. The van der Waals surface area contributed by atoms with Gasteiger partial charge in [-0.2, -0.15) is 0 Å². The molecule has 2 aromatic rings. The number of carbonyl (C=O) groups is 1. The van der Waals surface area contributed by atoms with Crippen molar-refractivity contribution in [2.24, 2.45) is 0 Å². The molecule has 3 rings (SSSR count). The lowest BCUT2D eigenvalue weighted by Gasteiger charge is -2.13. The topological polar surface area (TPSA) is 68.0 Å². The number of aromatic nitrogens is 1. The summed E-state index contributed by atoms with van der Waals surface area (Å²) in [4.78, 5) is 17.0. The molecule has 1 amide bonds. The predicted octanol–water partition coefficient (Wildman–Crippen LogP) is 2.45. The van der Waals surface area contributed by atoms with Gasteiger partial charge in [0.1, 0.15) is 4.88 Å². The Morgan fingerprint density at radius 2 is 2.37 bits per heavy atom. The Labute approximate surface area is 115 Å². The fourth-order valence-electron chi connectivity index (χ4n) is 2.53. The number of thiazole rings is 1. The van der Waals surface area contributed by atoms with Gasteiger partial charge in [-0.05, 0) is 43.0 Å². The zero-order valence-electron chi connectivity index (χ0n) is 10.6. The third-order valence-corrected chi connectivity index (χ3v) is 4.43. The number of nitrogens with zero attached hydrogens (tertiary/aromatic N) is 1. The third-order valence-electron chi connectivity index (χ3n) is 3.50. The lowest BCUT2D eigenvalue weighted by molar-refractivity contribution is 0.0940. The monoisotopic (exact) mass is 273 g/mol. The van der Waals surface area contributed by atoms with Gasteiger partial charge in [0.15, 0.2) is 0 Å². The van der Waals surface area contributed by atoms with Crippen molar-refractivity contribution in [2.75, 3.05) is 5.73 Å². The lowest BCUT2D eigenvalue weighted by atomic mass is 10.1. The van der Waals surface area contributed by atoms with Gasteiger partial charge in [0, 0.05) is 5.69 Å². The van der Waals surface area contributed by atoms with Gasteiger partial charge in [0.05, 0.1) is 17.2 Å². The van der Waals surface area contributed by atoms with Crippen molar-refractivity contribution in [3.8, 4) is 0 Å². The summed E-state index contributed by atoms with van der Waals surface area (Å²) in [6.45, 7) is 1.86. The second kappa shape index (κ2) is 4.66. The first-order chi connectivity index (χ1) is 9.15. The minimum atomic E-state index is -0.0327. The molecule has 1 atom stereocenters. The minimum absolute atomic E-state index is 0.0327. The van der Waals surface area contributed by atoms with E-state index in [0.717, 1.165) is 24.2 Å². The van der Waals surface area contributed by atoms with E-state index in [-0.39, 0.29) is 11.9 Å². The van der Waals surface area contributed by atoms with Gasteiger partial charge in [0.2, 0.25) is 0 Å². The van der Waals surface area contributed by atoms with E-state index in [4.69, 9.17) is 5.73 Å². The Balaban J connectivity index is 1.80. The highest BCUT2D eigenvalue weighted by atomic mass is 32.1. The Morgan fingerprint density at radius 3 is 3.11 bits per heavy atom. The molecular formula is C14H15N3OS. The maximum Gasteiger partial charge on any atom is 0.263 e. The van der Waals surface area contributed by atoms with Crippen molar-refractivity contribution in [1.82, 2.24) is 10.3 Å². The molecule has 0 spiro atoms. The number of aryl methyl sites for hydroxylation is 2. The van der Waals surface area contributed by atoms with Crippen LogP contribution in [0.1, 0.15) is 39.0 Å². The van der Waals surface area contributed by atoms with Crippen molar-refractivity contribution in [2.45, 2.75) is 25.8 Å². The molecule has 0 radical (unpaired) electrons. The zero-order valence-corrected chi connectivity index (χ0v) is 11.5. The van der Waals surface area contributed by atoms with Gasteiger partial charge in [-0.3, -0.25) is 4.79 Å². The highest BCUT2D eigenvalue weighted by Crippen LogP contribution is 2.32. The predicted molar refractivity (Wildman–Crippen MR) is 76.2 cm³/mol. The van der Waals surface area contributed by atoms with E-state index < -0.39 is 0 Å². The number of hydrogen-bond acceptors (Lipinski definition) is 4. The molecule has 4 nitrogen and oxygen atoms in total. The standard InChI is InChI=1S/C14H15N3OS/c1-8-13(19-7-16-8)14(18)17-12-5-2-9-6-10(15)3-4-11(9)12/h3-4,6-7,12H,2,5,15H2,1H3,(H,17,18). The van der Waals surface area contributed by atoms with Gasteiger partial charge in [-0.25, -0.2) is 4.98 Å². The van der Waals surface area contributed by atoms with Crippen LogP contribution in [0.4, 0.5) is 5.69 Å². The van der Waals surface area contributed by atoms with Crippen LogP contribution < -0.4 is 11.1 Å². The summed E-state index contributed by atoms with van der Waals surface area (Å²) >= 11 is 1.38. The molecular weight excluding hydrogens is 258 g/mol. The van der Waals surface area contributed by atoms with E-state index in [1.54, 1.807) is 5.51 Å². The van der Waals surface area contributed by atoms with Crippen LogP contribution in [0.25, 0.3) is 0 Å². The normalized spacial score (nSPS) is 17.2. The van der Waals surface area contributed by atoms with Crippen molar-refractivity contribution < 1.29 is 4.79 Å². The van der Waals surface area contributed by atoms with E-state index in [9.17, 15) is 4.79 Å². The summed E-state index contributed by atoms with van der Waals surface area (Å²) in [5.74, 6) is -0.0327. The van der Waals surface area contributed by atoms with Crippen molar-refractivity contribution >= 4 is 22.9 Å². The summed E-state index contributed by atoms with van der Waals surface area (Å²) in [6.07, 6.45) is 1.90. The second-order valence-corrected chi connectivity index (χ2v) is 5.64. The van der Waals surface area contributed by atoms with Crippen LogP contribution in [-0.2, 0) is 6.42 Å². The van der Waals surface area contributed by atoms with Crippen LogP contribution in [0.5, 0.6) is 0 Å². The van der Waals surface area contributed by atoms with Crippen LogP contribution in [0, 0.1) is 6.92 Å². The molecule has 1 aromatic heterocycles. The summed E-state index contributed by atoms with van der Waals surface area (Å²) in [5.41, 5.74) is 11.5. The molecule has 1 aliphatic rings. The SMILES string of the molecule is Cc1ncsc1C(=O)NC1CCc2cc(N)ccc21. The molecule has 0 fully saturated rings. The summed E-state index contributed by atoms with van der Waals surface area (Å²) in [7, 11) is 0. The Hall–Kier alpha value is -1.88. The van der Waals surface area contributed by atoms with Gasteiger partial charge < -0.3 is 11.1 Å². The molecule has 19 heavy (non-hydrogen) atoms. The number of fused-ring (bicyclic) bond motifs is 1. The highest BCUT2D eigenvalue weighted by molar-refractivity contribution is 7.11. The highest BCUT2D eigenvalue weighted by Gasteiger charge is 2.25. The van der Waals surface area contributed by atoms with Gasteiger partial charge in [0.25, 0.3) is 5.91 Å². The molecule has 1 unspecified atom stereocenters. The van der Waals surface area contributed by atoms with Crippen LogP contribution >= 0.6 is 11.3 Å². The van der Waals surface area contributed by atoms with E-state index in [0.29, 0.717) is 4.88 Å². The van der Waals surface area contributed by atoms with E-state index in [1.165, 1.54) is 22.5 Å². The number of nitrogen functional groups attached to an aromatic ring is 1. The van der Waals surface area contributed by atoms with Crippen molar-refractivity contribution in [3.05, 3.63) is 45.4 Å². The smallest absolute Gasteiger partial charge is 0.263 e. The van der Waals surface area contributed by atoms with Crippen LogP contribution in [0.15, 0.2) is 23.7 Å². The van der Waals surface area contributed by atoms with Gasteiger partial charge >= 0.3 is 0 Å². The lowest BCUT2D eigenvalue weighted by Crippen LogP contribution is -2.26. The average molecular weight is 273 g/mol. The first-order valence-electron chi connectivity index (χ1n) is 6.24. The molecule has 1 heterocycles. The summed E-state index contributed by atoms with van der Waals surface area (Å²) in [5, 5.41) is 3.09. The first kappa shape index (κ1) is 12.2. The second-order valence-electron chi connectivity index (χ2n) is 4.79. The van der Waals surface area contributed by atoms with Crippen LogP contribution in [0.3, 0.4) is 0 Å². The molecule has 0 saturated heterocycles. The fourth-order valence-corrected chi connectivity index (χ4v) is 3.24. The largest absolute Gasteiger partial charge is 0.399 e. The number of hydrogen-bond donors (Lipinski definition) is 2. The molecule has 1 aromatic carbocycles. The number of amides is 1. The Morgan fingerprint density at radius 1 is 1.53 bits per heavy atom. The molecule has 5 heteroatoms. The summed E-state index contributed by atoms with van der Waals surface area (Å²) in [6, 6.07) is 5.99. The molecule has 0 aliphatic heterocycles. The first-order valence-corrected chi connectivity index (χ1v) is 7.12. The van der Waals surface area contributed by atoms with Gasteiger partial charge in [-0.15, -0.1) is 11.3 Å². The molecule has 98 valence electrons. The maximum absolute atomic E-state index is 12.2. The van der Waals surface area contributed by atoms with Crippen molar-refractivity contribution in [1.29, 1.82) is 0 Å². The number of carbonyl (C=O) groups excluding carboxylic acids is 1. The number of nitrogens with one attached hydrogen (secondary N) is 1. The number of nitrogens with two attached hydrogens (primary N) is 1. The number of benzene rings is 1. The quantitative estimate of drug-likeness (QED) is 0.826. The maximum atomic E-state index is 12.2. The average Bonchev–Trinajstić information content (AvgIpc) is 2.96. The molecule has 0 bridgehead atoms. The van der Waals surface area contributed by atoms with E-state index >= 15 is 0 Å². The van der Waals surface area contributed by atoms with Crippen LogP contribution in [0.2, 0.25) is 0 Å². The Bertz CT molecular complexity index is 635. The van der Waals surface area contributed by atoms with E-state index in [2.05, 4.69) is 10.3 Å². The van der Waals surface area contributed by atoms with E-state index in [1.807, 2.05) is 25.1 Å². The summed E-state index contributed by atoms with van der Waals surface area (Å²) < 4.78 is 0. The molecule has 1 aliphatic carbocycles.